The predicted octanol–water partition coefficient (Wildman–Crippen LogP) is 6.00. The molecule has 2 nitrogen and oxygen atoms in total. The molecule has 1 aromatic carbocycles. The molecule has 0 aliphatic heterocycles. The monoisotopic (exact) mass is 378 g/mol. The third kappa shape index (κ3) is 3.24. The van der Waals surface area contributed by atoms with Gasteiger partial charge in [-0.25, -0.2) is 4.98 Å². The molecule has 19 heavy (non-hydrogen) atoms. The van der Waals surface area contributed by atoms with Crippen molar-refractivity contribution < 1.29 is 0 Å². The van der Waals surface area contributed by atoms with Crippen LogP contribution in [0.15, 0.2) is 16.6 Å². The van der Waals surface area contributed by atoms with E-state index in [0.29, 0.717) is 10.0 Å². The quantitative estimate of drug-likeness (QED) is 0.661. The third-order valence-corrected chi connectivity index (χ3v) is 5.77. The maximum absolute atomic E-state index is 6.24. The van der Waals surface area contributed by atoms with Gasteiger partial charge in [-0.15, -0.1) is 11.3 Å². The normalized spacial score (nSPS) is 12.5. The SMILES string of the molecule is Cc1nc(C)c(C(C)Nc2ccc(Br)c(Cl)c2Cl)s1. The van der Waals surface area contributed by atoms with Crippen molar-refractivity contribution in [2.75, 3.05) is 5.32 Å². The van der Waals surface area contributed by atoms with Crippen molar-refractivity contribution in [2.24, 2.45) is 0 Å². The Morgan fingerprint density at radius 3 is 2.53 bits per heavy atom. The number of benzene rings is 1. The van der Waals surface area contributed by atoms with Gasteiger partial charge in [0, 0.05) is 9.35 Å². The largest absolute Gasteiger partial charge is 0.376 e. The lowest BCUT2D eigenvalue weighted by atomic mass is 10.2. The molecule has 0 saturated heterocycles. The maximum atomic E-state index is 6.24. The highest BCUT2D eigenvalue weighted by Crippen LogP contribution is 2.38. The van der Waals surface area contributed by atoms with Gasteiger partial charge in [-0.3, -0.25) is 0 Å². The second-order valence-corrected chi connectivity index (χ2v) is 7.12. The van der Waals surface area contributed by atoms with Crippen LogP contribution in [0.1, 0.15) is 28.5 Å². The van der Waals surface area contributed by atoms with Crippen molar-refractivity contribution in [3.05, 3.63) is 42.2 Å². The molecule has 0 aliphatic rings. The molecule has 2 aromatic rings. The van der Waals surface area contributed by atoms with Crippen molar-refractivity contribution in [3.63, 3.8) is 0 Å². The molecule has 0 fully saturated rings. The van der Waals surface area contributed by atoms with Crippen LogP contribution in [0.2, 0.25) is 10.0 Å². The number of halogens is 3. The van der Waals surface area contributed by atoms with Gasteiger partial charge < -0.3 is 5.32 Å². The van der Waals surface area contributed by atoms with Gasteiger partial charge in [0.1, 0.15) is 0 Å². The molecule has 0 aliphatic carbocycles. The number of nitrogens with zero attached hydrogens (tertiary/aromatic N) is 1. The Morgan fingerprint density at radius 2 is 1.95 bits per heavy atom. The summed E-state index contributed by atoms with van der Waals surface area (Å²) >= 11 is 17.4. The Labute approximate surface area is 135 Å². The number of hydrogen-bond donors (Lipinski definition) is 1. The van der Waals surface area contributed by atoms with Gasteiger partial charge in [0.15, 0.2) is 0 Å². The molecule has 6 heteroatoms. The first-order valence-corrected chi connectivity index (χ1v) is 8.10. The first kappa shape index (κ1) is 15.1. The molecule has 0 amide bonds. The van der Waals surface area contributed by atoms with Gasteiger partial charge >= 0.3 is 0 Å². The minimum absolute atomic E-state index is 0.140. The van der Waals surface area contributed by atoms with Crippen LogP contribution in [0.5, 0.6) is 0 Å². The third-order valence-electron chi connectivity index (χ3n) is 2.74. The van der Waals surface area contributed by atoms with Crippen LogP contribution in [0.4, 0.5) is 5.69 Å². The molecule has 0 bridgehead atoms. The summed E-state index contributed by atoms with van der Waals surface area (Å²) in [6.45, 7) is 6.12. The van der Waals surface area contributed by atoms with Crippen LogP contribution in [-0.2, 0) is 0 Å². The molecular weight excluding hydrogens is 367 g/mol. The van der Waals surface area contributed by atoms with E-state index in [9.17, 15) is 0 Å². The molecule has 1 N–H and O–H groups in total. The summed E-state index contributed by atoms with van der Waals surface area (Å²) in [5, 5.41) is 5.51. The summed E-state index contributed by atoms with van der Waals surface area (Å²) in [5.41, 5.74) is 1.88. The summed E-state index contributed by atoms with van der Waals surface area (Å²) in [5.74, 6) is 0. The highest BCUT2D eigenvalue weighted by atomic mass is 79.9. The van der Waals surface area contributed by atoms with E-state index >= 15 is 0 Å². The fourth-order valence-corrected chi connectivity index (χ4v) is 3.64. The summed E-state index contributed by atoms with van der Waals surface area (Å²) in [4.78, 5) is 5.66. The molecule has 0 spiro atoms. The summed E-state index contributed by atoms with van der Waals surface area (Å²) < 4.78 is 0.794. The minimum atomic E-state index is 0.140. The Bertz CT molecular complexity index is 613. The van der Waals surface area contributed by atoms with E-state index in [2.05, 4.69) is 33.2 Å². The van der Waals surface area contributed by atoms with E-state index in [1.54, 1.807) is 11.3 Å². The van der Waals surface area contributed by atoms with E-state index in [1.165, 1.54) is 4.88 Å². The second-order valence-electron chi connectivity index (χ2n) is 4.27. The number of anilines is 1. The molecule has 1 heterocycles. The summed E-state index contributed by atoms with van der Waals surface area (Å²) in [7, 11) is 0. The topological polar surface area (TPSA) is 24.9 Å². The van der Waals surface area contributed by atoms with E-state index in [-0.39, 0.29) is 6.04 Å². The lowest BCUT2D eigenvalue weighted by Crippen LogP contribution is -2.06. The molecule has 102 valence electrons. The number of aromatic nitrogens is 1. The Hall–Kier alpha value is -0.290. The van der Waals surface area contributed by atoms with Crippen LogP contribution in [-0.4, -0.2) is 4.98 Å². The van der Waals surface area contributed by atoms with Crippen molar-refractivity contribution in [3.8, 4) is 0 Å². The molecule has 1 unspecified atom stereocenters. The van der Waals surface area contributed by atoms with Gasteiger partial charge in [0.25, 0.3) is 0 Å². The van der Waals surface area contributed by atoms with Crippen LogP contribution >= 0.6 is 50.5 Å². The van der Waals surface area contributed by atoms with Gasteiger partial charge in [0.05, 0.1) is 32.5 Å². The first-order valence-electron chi connectivity index (χ1n) is 5.74. The van der Waals surface area contributed by atoms with E-state index in [0.717, 1.165) is 20.9 Å². The minimum Gasteiger partial charge on any atom is -0.376 e. The van der Waals surface area contributed by atoms with Gasteiger partial charge in [-0.2, -0.15) is 0 Å². The fraction of sp³-hybridized carbons (Fsp3) is 0.308. The number of nitrogens with one attached hydrogen (secondary N) is 1. The zero-order valence-electron chi connectivity index (χ0n) is 10.7. The lowest BCUT2D eigenvalue weighted by molar-refractivity contribution is 0.890. The van der Waals surface area contributed by atoms with Gasteiger partial charge in [0.2, 0.25) is 0 Å². The summed E-state index contributed by atoms with van der Waals surface area (Å²) in [6.07, 6.45) is 0. The lowest BCUT2D eigenvalue weighted by Gasteiger charge is -2.16. The Kier molecular flexibility index (Phi) is 4.77. The van der Waals surface area contributed by atoms with Crippen LogP contribution in [0.25, 0.3) is 0 Å². The number of thiazole rings is 1. The molecule has 0 saturated carbocycles. The van der Waals surface area contributed by atoms with E-state index < -0.39 is 0 Å². The van der Waals surface area contributed by atoms with Crippen LogP contribution in [0, 0.1) is 13.8 Å². The first-order chi connectivity index (χ1) is 8.90. The second kappa shape index (κ2) is 6.00. The van der Waals surface area contributed by atoms with Crippen molar-refractivity contribution in [2.45, 2.75) is 26.8 Å². The maximum Gasteiger partial charge on any atom is 0.0900 e. The van der Waals surface area contributed by atoms with Gasteiger partial charge in [-0.1, -0.05) is 23.2 Å². The highest BCUT2D eigenvalue weighted by molar-refractivity contribution is 9.10. The highest BCUT2D eigenvalue weighted by Gasteiger charge is 2.15. The van der Waals surface area contributed by atoms with Crippen molar-refractivity contribution in [1.29, 1.82) is 0 Å². The standard InChI is InChI=1S/C13H13BrCl2N2S/c1-6-13(19-8(3)17-6)7(2)18-10-5-4-9(14)11(15)12(10)16/h4-5,7,18H,1-3H3. The number of rotatable bonds is 3. The number of aryl methyl sites for hydroxylation is 2. The average molecular weight is 380 g/mol. The average Bonchev–Trinajstić information content (AvgIpc) is 2.69. The Morgan fingerprint density at radius 1 is 1.26 bits per heavy atom. The van der Waals surface area contributed by atoms with Crippen molar-refractivity contribution >= 4 is 56.2 Å². The summed E-state index contributed by atoms with van der Waals surface area (Å²) in [6, 6.07) is 3.94. The van der Waals surface area contributed by atoms with E-state index in [4.69, 9.17) is 23.2 Å². The van der Waals surface area contributed by atoms with Crippen molar-refractivity contribution in [1.82, 2.24) is 4.98 Å². The smallest absolute Gasteiger partial charge is 0.0900 e. The van der Waals surface area contributed by atoms with Crippen LogP contribution in [0.3, 0.4) is 0 Å². The fourth-order valence-electron chi connectivity index (χ4n) is 1.88. The predicted molar refractivity (Wildman–Crippen MR) is 87.8 cm³/mol. The zero-order chi connectivity index (χ0) is 14.2. The van der Waals surface area contributed by atoms with E-state index in [1.807, 2.05) is 26.0 Å². The molecule has 2 rings (SSSR count). The zero-order valence-corrected chi connectivity index (χ0v) is 14.6. The van der Waals surface area contributed by atoms with Gasteiger partial charge in [-0.05, 0) is 48.8 Å². The Balaban J connectivity index is 2.27. The molecule has 1 atom stereocenters. The number of hydrogen-bond acceptors (Lipinski definition) is 3. The molecule has 0 radical (unpaired) electrons. The molecular formula is C13H13BrCl2N2S. The van der Waals surface area contributed by atoms with Crippen LogP contribution < -0.4 is 5.32 Å². The molecule has 1 aromatic heterocycles.